The van der Waals surface area contributed by atoms with Crippen LogP contribution in [0.25, 0.3) is 11.1 Å². The smallest absolute Gasteiger partial charge is 0.0546 e. The van der Waals surface area contributed by atoms with E-state index in [4.69, 9.17) is 0 Å². The van der Waals surface area contributed by atoms with Gasteiger partial charge in [0, 0.05) is 13.1 Å². The molecule has 0 radical (unpaired) electrons. The van der Waals surface area contributed by atoms with E-state index in [1.807, 2.05) is 6.07 Å². The minimum absolute atomic E-state index is 0.0476. The number of nitrogens with zero attached hydrogens (tertiary/aromatic N) is 1. The van der Waals surface area contributed by atoms with Crippen LogP contribution in [-0.4, -0.2) is 29.7 Å². The van der Waals surface area contributed by atoms with Crippen LogP contribution in [0.4, 0.5) is 0 Å². The van der Waals surface area contributed by atoms with Crippen LogP contribution in [-0.2, 0) is 6.54 Å². The molecule has 2 nitrogen and oxygen atoms in total. The molecule has 0 amide bonds. The highest BCUT2D eigenvalue weighted by Gasteiger charge is 2.27. The molecule has 0 bridgehead atoms. The van der Waals surface area contributed by atoms with Crippen LogP contribution in [0.5, 0.6) is 0 Å². The second-order valence-electron chi connectivity index (χ2n) is 6.25. The molecule has 2 aromatic carbocycles. The standard InChI is InChI=1S/C19H23NO/c1-20(14-16-11-19(21)12-16)13-15-7-9-18(10-8-15)17-5-3-2-4-6-17/h2-10,16,19,21H,11-14H2,1H3. The molecule has 1 aliphatic carbocycles. The van der Waals surface area contributed by atoms with Crippen molar-refractivity contribution >= 4 is 0 Å². The average Bonchev–Trinajstić information content (AvgIpc) is 2.47. The average molecular weight is 281 g/mol. The van der Waals surface area contributed by atoms with Gasteiger partial charge in [0.2, 0.25) is 0 Å². The van der Waals surface area contributed by atoms with Crippen molar-refractivity contribution < 1.29 is 5.11 Å². The summed E-state index contributed by atoms with van der Waals surface area (Å²) < 4.78 is 0. The van der Waals surface area contributed by atoms with Gasteiger partial charge in [0.15, 0.2) is 0 Å². The van der Waals surface area contributed by atoms with Gasteiger partial charge in [0.1, 0.15) is 0 Å². The van der Waals surface area contributed by atoms with Gasteiger partial charge < -0.3 is 10.0 Å². The molecule has 1 aliphatic rings. The maximum absolute atomic E-state index is 9.34. The quantitative estimate of drug-likeness (QED) is 0.906. The van der Waals surface area contributed by atoms with Crippen molar-refractivity contribution in [3.63, 3.8) is 0 Å². The molecule has 2 aromatic rings. The molecular weight excluding hydrogens is 258 g/mol. The zero-order chi connectivity index (χ0) is 14.7. The molecule has 21 heavy (non-hydrogen) atoms. The third-order valence-corrected chi connectivity index (χ3v) is 4.29. The van der Waals surface area contributed by atoms with Crippen LogP contribution in [0.3, 0.4) is 0 Å². The molecule has 0 saturated heterocycles. The molecule has 0 unspecified atom stereocenters. The summed E-state index contributed by atoms with van der Waals surface area (Å²) in [5.74, 6) is 0.675. The normalized spacial score (nSPS) is 21.3. The minimum Gasteiger partial charge on any atom is -0.393 e. The number of hydrogen-bond donors (Lipinski definition) is 1. The molecular formula is C19H23NO. The second-order valence-corrected chi connectivity index (χ2v) is 6.25. The molecule has 0 spiro atoms. The molecule has 1 saturated carbocycles. The van der Waals surface area contributed by atoms with Gasteiger partial charge in [-0.2, -0.15) is 0 Å². The lowest BCUT2D eigenvalue weighted by molar-refractivity contribution is 0.0274. The molecule has 0 aromatic heterocycles. The fourth-order valence-corrected chi connectivity index (χ4v) is 3.10. The van der Waals surface area contributed by atoms with Gasteiger partial charge in [0.25, 0.3) is 0 Å². The predicted octanol–water partition coefficient (Wildman–Crippen LogP) is 3.56. The number of aliphatic hydroxyl groups is 1. The van der Waals surface area contributed by atoms with Crippen molar-refractivity contribution in [1.29, 1.82) is 0 Å². The zero-order valence-electron chi connectivity index (χ0n) is 12.6. The number of aliphatic hydroxyl groups excluding tert-OH is 1. The fourth-order valence-electron chi connectivity index (χ4n) is 3.10. The Morgan fingerprint density at radius 3 is 2.19 bits per heavy atom. The van der Waals surface area contributed by atoms with E-state index in [1.54, 1.807) is 0 Å². The minimum atomic E-state index is -0.0476. The lowest BCUT2D eigenvalue weighted by Crippen LogP contribution is -2.36. The molecule has 3 rings (SSSR count). The topological polar surface area (TPSA) is 23.5 Å². The Morgan fingerprint density at radius 2 is 1.57 bits per heavy atom. The molecule has 1 N–H and O–H groups in total. The first-order valence-electron chi connectivity index (χ1n) is 7.71. The summed E-state index contributed by atoms with van der Waals surface area (Å²) in [4.78, 5) is 2.36. The second kappa shape index (κ2) is 6.42. The maximum Gasteiger partial charge on any atom is 0.0546 e. The Labute approximate surface area is 127 Å². The van der Waals surface area contributed by atoms with E-state index in [-0.39, 0.29) is 6.10 Å². The predicted molar refractivity (Wildman–Crippen MR) is 86.9 cm³/mol. The molecule has 0 heterocycles. The van der Waals surface area contributed by atoms with Crippen molar-refractivity contribution in [2.24, 2.45) is 5.92 Å². The monoisotopic (exact) mass is 281 g/mol. The van der Waals surface area contributed by atoms with Gasteiger partial charge in [0.05, 0.1) is 6.10 Å². The largest absolute Gasteiger partial charge is 0.393 e. The first kappa shape index (κ1) is 14.3. The van der Waals surface area contributed by atoms with E-state index in [0.717, 1.165) is 25.9 Å². The van der Waals surface area contributed by atoms with Gasteiger partial charge in [-0.05, 0) is 42.5 Å². The lowest BCUT2D eigenvalue weighted by atomic mass is 9.82. The Morgan fingerprint density at radius 1 is 0.952 bits per heavy atom. The van der Waals surface area contributed by atoms with Gasteiger partial charge in [-0.15, -0.1) is 0 Å². The zero-order valence-corrected chi connectivity index (χ0v) is 12.6. The highest BCUT2D eigenvalue weighted by molar-refractivity contribution is 5.63. The summed E-state index contributed by atoms with van der Waals surface area (Å²) >= 11 is 0. The van der Waals surface area contributed by atoms with Crippen LogP contribution in [0.1, 0.15) is 18.4 Å². The van der Waals surface area contributed by atoms with Crippen molar-refractivity contribution in [3.8, 4) is 11.1 Å². The van der Waals surface area contributed by atoms with E-state index < -0.39 is 0 Å². The van der Waals surface area contributed by atoms with Crippen molar-refractivity contribution in [2.75, 3.05) is 13.6 Å². The number of hydrogen-bond acceptors (Lipinski definition) is 2. The molecule has 2 heteroatoms. The molecule has 0 atom stereocenters. The summed E-state index contributed by atoms with van der Waals surface area (Å²) in [6.45, 7) is 2.05. The third kappa shape index (κ3) is 3.72. The highest BCUT2D eigenvalue weighted by Crippen LogP contribution is 2.28. The van der Waals surface area contributed by atoms with E-state index in [9.17, 15) is 5.11 Å². The van der Waals surface area contributed by atoms with E-state index in [0.29, 0.717) is 5.92 Å². The van der Waals surface area contributed by atoms with Gasteiger partial charge in [-0.25, -0.2) is 0 Å². The first-order chi connectivity index (χ1) is 10.2. The van der Waals surface area contributed by atoms with Gasteiger partial charge >= 0.3 is 0 Å². The van der Waals surface area contributed by atoms with Crippen LogP contribution in [0, 0.1) is 5.92 Å². The van der Waals surface area contributed by atoms with E-state index in [2.05, 4.69) is 60.5 Å². The Kier molecular flexibility index (Phi) is 4.37. The fraction of sp³-hybridized carbons (Fsp3) is 0.368. The van der Waals surface area contributed by atoms with E-state index >= 15 is 0 Å². The lowest BCUT2D eigenvalue weighted by Gasteiger charge is -2.34. The Balaban J connectivity index is 1.57. The number of rotatable bonds is 5. The van der Waals surface area contributed by atoms with Crippen LogP contribution in [0.15, 0.2) is 54.6 Å². The van der Waals surface area contributed by atoms with Crippen molar-refractivity contribution in [3.05, 3.63) is 60.2 Å². The molecule has 0 aliphatic heterocycles. The maximum atomic E-state index is 9.34. The van der Waals surface area contributed by atoms with Gasteiger partial charge in [-0.1, -0.05) is 54.6 Å². The summed E-state index contributed by atoms with van der Waals surface area (Å²) in [7, 11) is 2.16. The summed E-state index contributed by atoms with van der Waals surface area (Å²) in [5.41, 5.74) is 3.88. The summed E-state index contributed by atoms with van der Waals surface area (Å²) in [5, 5.41) is 9.34. The van der Waals surface area contributed by atoms with E-state index in [1.165, 1.54) is 16.7 Å². The molecule has 1 fully saturated rings. The third-order valence-electron chi connectivity index (χ3n) is 4.29. The number of benzene rings is 2. The highest BCUT2D eigenvalue weighted by atomic mass is 16.3. The Bertz CT molecular complexity index is 558. The van der Waals surface area contributed by atoms with Crippen LogP contribution in [0.2, 0.25) is 0 Å². The molecule has 110 valence electrons. The van der Waals surface area contributed by atoms with Crippen molar-refractivity contribution in [2.45, 2.75) is 25.5 Å². The summed E-state index contributed by atoms with van der Waals surface area (Å²) in [6.07, 6.45) is 1.89. The summed E-state index contributed by atoms with van der Waals surface area (Å²) in [6, 6.07) is 19.3. The van der Waals surface area contributed by atoms with Crippen molar-refractivity contribution in [1.82, 2.24) is 4.90 Å². The Hall–Kier alpha value is -1.64. The first-order valence-corrected chi connectivity index (χ1v) is 7.71. The SMILES string of the molecule is CN(Cc1ccc(-c2ccccc2)cc1)CC1CC(O)C1. The van der Waals surface area contributed by atoms with Crippen LogP contribution >= 0.6 is 0 Å². The van der Waals surface area contributed by atoms with Crippen LogP contribution < -0.4 is 0 Å². The van der Waals surface area contributed by atoms with Gasteiger partial charge in [-0.3, -0.25) is 0 Å².